The fourth-order valence-electron chi connectivity index (χ4n) is 3.41. The van der Waals surface area contributed by atoms with E-state index in [0.717, 1.165) is 17.6 Å². The molecule has 0 saturated carbocycles. The first kappa shape index (κ1) is 24.1. The number of nitrogens with two attached hydrogens (primary N) is 1. The number of carbonyl (C=O) groups is 4. The maximum atomic E-state index is 12.8. The average Bonchev–Trinajstić information content (AvgIpc) is 2.69. The number of carboxylic acids is 1. The lowest BCUT2D eigenvalue weighted by molar-refractivity contribution is -0.140. The molecule has 0 aromatic rings. The summed E-state index contributed by atoms with van der Waals surface area (Å²) in [5, 5.41) is 17.4. The van der Waals surface area contributed by atoms with Crippen molar-refractivity contribution in [2.45, 2.75) is 63.7 Å². The molecular weight excluding hydrogens is 400 g/mol. The summed E-state index contributed by atoms with van der Waals surface area (Å²) in [5.41, 5.74) is 7.42. The van der Waals surface area contributed by atoms with E-state index in [1.807, 2.05) is 12.2 Å². The van der Waals surface area contributed by atoms with Crippen molar-refractivity contribution in [2.75, 3.05) is 0 Å². The van der Waals surface area contributed by atoms with Gasteiger partial charge in [0.25, 0.3) is 0 Å². The fourth-order valence-corrected chi connectivity index (χ4v) is 3.41. The molecule has 0 radical (unpaired) electrons. The Kier molecular flexibility index (Phi) is 8.75. The van der Waals surface area contributed by atoms with E-state index in [1.54, 1.807) is 18.2 Å². The van der Waals surface area contributed by atoms with Crippen LogP contribution in [0.2, 0.25) is 0 Å². The molecule has 0 spiro atoms. The minimum atomic E-state index is -1.26. The first-order valence-electron chi connectivity index (χ1n) is 10.2. The van der Waals surface area contributed by atoms with E-state index < -0.39 is 29.9 Å². The molecule has 6 N–H and O–H groups in total. The Morgan fingerprint density at radius 2 is 1.58 bits per heavy atom. The number of nitrogens with one attached hydrogen (secondary N) is 3. The van der Waals surface area contributed by atoms with E-state index in [4.69, 9.17) is 5.73 Å². The van der Waals surface area contributed by atoms with Crippen LogP contribution in [0.3, 0.4) is 0 Å². The molecule has 0 bridgehead atoms. The second kappa shape index (κ2) is 11.3. The second-order valence-electron chi connectivity index (χ2n) is 7.75. The highest BCUT2D eigenvalue weighted by molar-refractivity contribution is 5.92. The number of allylic oxidation sites excluding steroid dienone is 4. The molecule has 0 saturated heterocycles. The van der Waals surface area contributed by atoms with Crippen LogP contribution in [-0.4, -0.2) is 53.0 Å². The van der Waals surface area contributed by atoms with Gasteiger partial charge in [0.05, 0.1) is 0 Å². The third kappa shape index (κ3) is 8.21. The number of hydrogen-bond donors (Lipinski definition) is 5. The monoisotopic (exact) mass is 430 g/mol. The molecule has 4 atom stereocenters. The van der Waals surface area contributed by atoms with Crippen LogP contribution in [0.4, 0.5) is 0 Å². The molecule has 9 nitrogen and oxygen atoms in total. The molecule has 9 heteroatoms. The average molecular weight is 431 g/mol. The van der Waals surface area contributed by atoms with E-state index in [-0.39, 0.29) is 18.0 Å². The smallest absolute Gasteiger partial charge is 0.330 e. The van der Waals surface area contributed by atoms with Gasteiger partial charge in [-0.25, -0.2) is 4.79 Å². The van der Waals surface area contributed by atoms with Crippen molar-refractivity contribution in [3.63, 3.8) is 0 Å². The van der Waals surface area contributed by atoms with Crippen molar-refractivity contribution in [1.29, 1.82) is 0 Å². The van der Waals surface area contributed by atoms with E-state index in [0.29, 0.717) is 19.3 Å². The number of hydrogen-bond acceptors (Lipinski definition) is 5. The van der Waals surface area contributed by atoms with Gasteiger partial charge in [-0.05, 0) is 49.0 Å². The normalized spacial score (nSPS) is 25.0. The summed E-state index contributed by atoms with van der Waals surface area (Å²) in [5.74, 6) is -2.37. The van der Waals surface area contributed by atoms with Crippen molar-refractivity contribution in [3.8, 4) is 0 Å². The highest BCUT2D eigenvalue weighted by Gasteiger charge is 2.25. The number of carbonyl (C=O) groups excluding carboxylic acids is 3. The molecule has 31 heavy (non-hydrogen) atoms. The van der Waals surface area contributed by atoms with Crippen LogP contribution in [0.1, 0.15) is 39.5 Å². The van der Waals surface area contributed by atoms with Gasteiger partial charge >= 0.3 is 5.97 Å². The van der Waals surface area contributed by atoms with Crippen LogP contribution >= 0.6 is 0 Å². The predicted molar refractivity (Wildman–Crippen MR) is 116 cm³/mol. The molecule has 0 aromatic heterocycles. The minimum absolute atomic E-state index is 0.0398. The topological polar surface area (TPSA) is 151 Å². The molecule has 0 aliphatic heterocycles. The first-order chi connectivity index (χ1) is 14.6. The highest BCUT2D eigenvalue weighted by Crippen LogP contribution is 2.18. The fraction of sp³-hybridized carbons (Fsp3) is 0.455. The zero-order chi connectivity index (χ0) is 23.0. The van der Waals surface area contributed by atoms with Gasteiger partial charge in [-0.3, -0.25) is 14.4 Å². The summed E-state index contributed by atoms with van der Waals surface area (Å²) < 4.78 is 0. The van der Waals surface area contributed by atoms with Gasteiger partial charge < -0.3 is 26.8 Å². The lowest BCUT2D eigenvalue weighted by Crippen LogP contribution is -2.50. The standard InChI is InChI=1S/C22H30N4O5/c1-13(27)24-18-9-5-16(6-10-18)12-20(22(30)31)26-21(29)19(25-14(2)28)11-15-3-7-17(23)8-4-15/h3,5,7,9,11-12,17-20H,4,6,8,10,23H2,1-2H3,(H,24,27)(H,25,28)(H,26,29)(H,30,31)/b15-11?,16-12-/t17-,18-,19-,20-/m0/s1. The Labute approximate surface area is 181 Å². The third-order valence-electron chi connectivity index (χ3n) is 4.97. The lowest BCUT2D eigenvalue weighted by Gasteiger charge is -2.22. The number of amides is 3. The first-order valence-corrected chi connectivity index (χ1v) is 10.2. The summed E-state index contributed by atoms with van der Waals surface area (Å²) in [4.78, 5) is 47.2. The van der Waals surface area contributed by atoms with Gasteiger partial charge in [-0.2, -0.15) is 0 Å². The van der Waals surface area contributed by atoms with E-state index >= 15 is 0 Å². The number of carboxylic acid groups (broad SMARTS) is 1. The SMILES string of the molecule is CC(=O)N[C@@H](C=C1C=C[C@H](N)CC1)C(=O)N[C@@H](/C=C1/C=C[C@H](NC(C)=O)CC1)C(=O)O. The molecule has 0 unspecified atom stereocenters. The van der Waals surface area contributed by atoms with E-state index in [1.165, 1.54) is 19.9 Å². The highest BCUT2D eigenvalue weighted by atomic mass is 16.4. The second-order valence-corrected chi connectivity index (χ2v) is 7.75. The molecule has 2 aliphatic carbocycles. The van der Waals surface area contributed by atoms with Crippen LogP contribution in [-0.2, 0) is 19.2 Å². The van der Waals surface area contributed by atoms with Gasteiger partial charge in [0.2, 0.25) is 17.7 Å². The van der Waals surface area contributed by atoms with Crippen LogP contribution < -0.4 is 21.7 Å². The van der Waals surface area contributed by atoms with Crippen LogP contribution in [0, 0.1) is 0 Å². The number of rotatable bonds is 7. The molecule has 3 amide bonds. The van der Waals surface area contributed by atoms with Crippen LogP contribution in [0.15, 0.2) is 47.6 Å². The van der Waals surface area contributed by atoms with Crippen LogP contribution in [0.5, 0.6) is 0 Å². The molecular formula is C22H30N4O5. The molecule has 0 fully saturated rings. The minimum Gasteiger partial charge on any atom is -0.479 e. The van der Waals surface area contributed by atoms with Crippen molar-refractivity contribution in [2.24, 2.45) is 5.73 Å². The Bertz CT molecular complexity index is 843. The summed E-state index contributed by atoms with van der Waals surface area (Å²) in [6.45, 7) is 2.73. The Morgan fingerprint density at radius 3 is 2.06 bits per heavy atom. The van der Waals surface area contributed by atoms with Crippen LogP contribution in [0.25, 0.3) is 0 Å². The van der Waals surface area contributed by atoms with Gasteiger partial charge in [-0.1, -0.05) is 24.3 Å². The molecule has 0 heterocycles. The van der Waals surface area contributed by atoms with Gasteiger partial charge in [0, 0.05) is 25.9 Å². The third-order valence-corrected chi connectivity index (χ3v) is 4.97. The maximum absolute atomic E-state index is 12.8. The summed E-state index contributed by atoms with van der Waals surface area (Å²) in [7, 11) is 0. The van der Waals surface area contributed by atoms with E-state index in [2.05, 4.69) is 16.0 Å². The quantitative estimate of drug-likeness (QED) is 0.396. The van der Waals surface area contributed by atoms with Gasteiger partial charge in [0.15, 0.2) is 0 Å². The van der Waals surface area contributed by atoms with Gasteiger partial charge in [0.1, 0.15) is 12.1 Å². The Hall–Kier alpha value is -3.20. The largest absolute Gasteiger partial charge is 0.479 e. The zero-order valence-electron chi connectivity index (χ0n) is 17.8. The predicted octanol–water partition coefficient (Wildman–Crippen LogP) is 0.445. The molecule has 168 valence electrons. The van der Waals surface area contributed by atoms with E-state index in [9.17, 15) is 24.3 Å². The van der Waals surface area contributed by atoms with Crippen molar-refractivity contribution in [1.82, 2.24) is 16.0 Å². The molecule has 2 aliphatic rings. The lowest BCUT2D eigenvalue weighted by atomic mass is 9.96. The molecule has 2 rings (SSSR count). The number of aliphatic carboxylic acids is 1. The summed E-state index contributed by atoms with van der Waals surface area (Å²) >= 11 is 0. The maximum Gasteiger partial charge on any atom is 0.330 e. The summed E-state index contributed by atoms with van der Waals surface area (Å²) in [6.07, 6.45) is 12.8. The molecule has 0 aromatic carbocycles. The van der Waals surface area contributed by atoms with Crippen molar-refractivity contribution >= 4 is 23.7 Å². The Balaban J connectivity index is 2.12. The summed E-state index contributed by atoms with van der Waals surface area (Å²) in [6, 6.07) is -2.39. The van der Waals surface area contributed by atoms with Gasteiger partial charge in [-0.15, -0.1) is 0 Å². The Morgan fingerprint density at radius 1 is 0.968 bits per heavy atom. The van der Waals surface area contributed by atoms with Crippen molar-refractivity contribution in [3.05, 3.63) is 47.6 Å². The zero-order valence-corrected chi connectivity index (χ0v) is 17.8. The van der Waals surface area contributed by atoms with Crippen molar-refractivity contribution < 1.29 is 24.3 Å².